The molecule has 0 unspecified atom stereocenters. The van der Waals surface area contributed by atoms with Crippen LogP contribution in [0.1, 0.15) is 116 Å². The van der Waals surface area contributed by atoms with E-state index in [4.69, 9.17) is 43.6 Å². The molecule has 0 aliphatic carbocycles. The number of rotatable bonds is 23. The molecule has 1 saturated heterocycles. The van der Waals surface area contributed by atoms with Crippen molar-refractivity contribution in [3.63, 3.8) is 0 Å². The molecule has 19 nitrogen and oxygen atoms in total. The summed E-state index contributed by atoms with van der Waals surface area (Å²) in [6.45, 7) is 18.8. The Balaban J connectivity index is 0.000000268. The molecule has 0 saturated carbocycles. The van der Waals surface area contributed by atoms with Crippen molar-refractivity contribution in [3.8, 4) is 23.0 Å². The predicted octanol–water partition coefficient (Wildman–Crippen LogP) is 11.9. The van der Waals surface area contributed by atoms with Gasteiger partial charge >= 0.3 is 35.7 Å². The van der Waals surface area contributed by atoms with Crippen LogP contribution >= 0.6 is 15.9 Å². The summed E-state index contributed by atoms with van der Waals surface area (Å²) < 4.78 is 34.2. The van der Waals surface area contributed by atoms with Crippen LogP contribution in [0, 0.1) is 21.3 Å². The molecule has 0 radical (unpaired) electrons. The van der Waals surface area contributed by atoms with Gasteiger partial charge in [0.1, 0.15) is 51.3 Å². The molecule has 5 N–H and O–H groups in total. The van der Waals surface area contributed by atoms with E-state index in [0.29, 0.717) is 58.2 Å². The zero-order valence-corrected chi connectivity index (χ0v) is 61.0. The zero-order valence-electron chi connectivity index (χ0n) is 57.5. The van der Waals surface area contributed by atoms with Gasteiger partial charge in [-0.05, 0) is 130 Å². The van der Waals surface area contributed by atoms with Crippen molar-refractivity contribution in [2.24, 2.45) is 0 Å². The normalized spacial score (nSPS) is 12.2. The van der Waals surface area contributed by atoms with Crippen LogP contribution in [0.25, 0.3) is 43.9 Å². The summed E-state index contributed by atoms with van der Waals surface area (Å²) in [5.74, 6) is 6.59. The fraction of sp³-hybridized carbons (Fsp3) is 0.378. The molecule has 95 heavy (non-hydrogen) atoms. The van der Waals surface area contributed by atoms with Crippen LogP contribution in [-0.4, -0.2) is 116 Å². The average Bonchev–Trinajstić information content (AvgIpc) is 1.64. The van der Waals surface area contributed by atoms with Crippen LogP contribution in [0.5, 0.6) is 23.0 Å². The summed E-state index contributed by atoms with van der Waals surface area (Å²) in [5, 5.41) is 28.7. The summed E-state index contributed by atoms with van der Waals surface area (Å²) in [7, 11) is 6.73. The zero-order chi connectivity index (χ0) is 65.2. The molecule has 6 aromatic carbocycles. The van der Waals surface area contributed by atoms with Crippen molar-refractivity contribution in [1.29, 1.82) is 0 Å². The number of fused-ring (bicyclic) bond motifs is 6. The maximum atomic E-state index is 12.8. The number of amides is 1. The van der Waals surface area contributed by atoms with Gasteiger partial charge in [0.25, 0.3) is 0 Å². The number of imidazole rings is 2. The van der Waals surface area contributed by atoms with Crippen LogP contribution < -0.4 is 64.0 Å². The number of hydrogen-bond donors (Lipinski definition) is 4. The first kappa shape index (κ1) is 74.7. The second-order valence-electron chi connectivity index (χ2n) is 24.5. The number of hydrogen-bond acceptors (Lipinski definition) is 16. The maximum Gasteiger partial charge on any atom is 1.00 e. The number of aryl methyl sites for hydroxylation is 4. The number of aliphatic hydroxyl groups is 2. The van der Waals surface area contributed by atoms with Gasteiger partial charge < -0.3 is 76.4 Å². The van der Waals surface area contributed by atoms with E-state index in [-0.39, 0.29) is 61.8 Å². The third kappa shape index (κ3) is 17.5. The first-order valence-corrected chi connectivity index (χ1v) is 32.6. The number of benzene rings is 6. The number of anilines is 3. The molecular weight excluding hydrogens is 1280 g/mol. The summed E-state index contributed by atoms with van der Waals surface area (Å²) in [6, 6.07) is 36.8. The van der Waals surface area contributed by atoms with Crippen LogP contribution in [0.15, 0.2) is 114 Å². The van der Waals surface area contributed by atoms with Gasteiger partial charge in [0.05, 0.1) is 76.8 Å². The van der Waals surface area contributed by atoms with Gasteiger partial charge in [-0.2, -0.15) is 0 Å². The van der Waals surface area contributed by atoms with Crippen LogP contribution in [0.3, 0.4) is 0 Å². The molecule has 4 aromatic heterocycles. The van der Waals surface area contributed by atoms with Gasteiger partial charge in [0.15, 0.2) is 11.6 Å². The van der Waals surface area contributed by atoms with Crippen LogP contribution in [-0.2, 0) is 57.0 Å². The number of carbonyl (C=O) groups is 1. The molecule has 11 rings (SSSR count). The van der Waals surface area contributed by atoms with Crippen molar-refractivity contribution >= 4 is 83.2 Å². The standard InChI is InChI=1S/C41H52N6O5.C32H35BrN4O3.CH3.Na.H2O/c1-8-9-10-36-44-37-38(47(36)25-30-14-12-28(26-48)22-35(30)51-7)32-23-31(45-17-19-46(20-18-45)40(49)52-41(3,4)5)15-16-33(32)43-39(37)42-24-29-13-11-27(2)21-34(29)50-6;1-5-6-7-29-36-30-31(37(29)18-23-11-9-21(19-38)15-28(23)40-4)25-16-24(33)12-13-26(25)35-32(30)34-17-22-10-8-20(2)14-27(22)39-3;;;/h11-16,21-23,48H,8-10,17-20,24-26H2,1-7H3,(H,42,43);8-16,38H,5-7,17-19H2,1-4H3,(H,34,35);1H3;;1H2/q;;-1;+1;/p-1. The number of unbranched alkanes of at least 4 members (excludes halogenated alkanes) is 2. The first-order valence-electron chi connectivity index (χ1n) is 31.8. The summed E-state index contributed by atoms with van der Waals surface area (Å²) in [5.41, 5.74) is 14.0. The monoisotopic (exact) mass is 1370 g/mol. The van der Waals surface area contributed by atoms with Gasteiger partial charge in [-0.3, -0.25) is 0 Å². The summed E-state index contributed by atoms with van der Waals surface area (Å²) >= 11 is 3.67. The smallest absolute Gasteiger partial charge is 0.870 e. The molecule has 1 amide bonds. The molecule has 500 valence electrons. The third-order valence-corrected chi connectivity index (χ3v) is 17.3. The molecule has 10 aromatic rings. The number of pyridine rings is 2. The minimum atomic E-state index is -0.533. The van der Waals surface area contributed by atoms with E-state index >= 15 is 0 Å². The second-order valence-corrected chi connectivity index (χ2v) is 25.4. The van der Waals surface area contributed by atoms with Crippen molar-refractivity contribution < 1.29 is 73.7 Å². The molecule has 0 spiro atoms. The molecule has 1 aliphatic rings. The van der Waals surface area contributed by atoms with E-state index in [2.05, 4.69) is 117 Å². The molecule has 0 bridgehead atoms. The summed E-state index contributed by atoms with van der Waals surface area (Å²) in [4.78, 5) is 37.6. The van der Waals surface area contributed by atoms with Gasteiger partial charge in [-0.25, -0.2) is 24.7 Å². The Kier molecular flexibility index (Phi) is 26.6. The van der Waals surface area contributed by atoms with Crippen molar-refractivity contribution in [1.82, 2.24) is 34.0 Å². The van der Waals surface area contributed by atoms with Gasteiger partial charge in [0, 0.05) is 95.3 Å². The minimum absolute atomic E-state index is 0. The predicted molar refractivity (Wildman–Crippen MR) is 380 cm³/mol. The quantitative estimate of drug-likeness (QED) is 0.0345. The van der Waals surface area contributed by atoms with E-state index in [1.807, 2.05) is 81.4 Å². The van der Waals surface area contributed by atoms with E-state index in [9.17, 15) is 15.0 Å². The number of carbonyl (C=O) groups excluding carboxylic acids is 1. The Bertz CT molecular complexity index is 4260. The average molecular weight is 1370 g/mol. The van der Waals surface area contributed by atoms with E-state index in [1.165, 1.54) is 0 Å². The number of piperazine rings is 1. The van der Waals surface area contributed by atoms with Crippen molar-refractivity contribution in [3.05, 3.63) is 177 Å². The molecule has 0 atom stereocenters. The Morgan fingerprint density at radius 2 is 1.00 bits per heavy atom. The topological polar surface area (TPSA) is 226 Å². The van der Waals surface area contributed by atoms with Crippen molar-refractivity contribution in [2.45, 2.75) is 132 Å². The molecular formula is C74H91BrN10NaO9-. The summed E-state index contributed by atoms with van der Waals surface area (Å²) in [6.07, 6.45) is 5.51. The Morgan fingerprint density at radius 1 is 0.568 bits per heavy atom. The number of aliphatic hydroxyl groups excluding tert-OH is 2. The SMILES string of the molecule is CCCCc1nc2c(NCc3ccc(C)cc3OC)nc3ccc(Br)cc3c2n1Cc1ccc(CO)cc1OC.CCCCc1nc2c(NCc3ccc(C)cc3OC)nc3ccc(N4CCN(C(=O)OC(C)(C)C)CC4)cc3c2n1Cc1ccc(CO)cc1OC.[CH3-].[Na+].[OH-]. The molecule has 1 aliphatic heterocycles. The fourth-order valence-electron chi connectivity index (χ4n) is 11.9. The van der Waals surface area contributed by atoms with Gasteiger partial charge in [-0.15, -0.1) is 0 Å². The number of aromatic nitrogens is 6. The van der Waals surface area contributed by atoms with Crippen LogP contribution in [0.4, 0.5) is 22.1 Å². The van der Waals surface area contributed by atoms with Crippen molar-refractivity contribution in [2.75, 3.05) is 70.2 Å². The number of ether oxygens (including phenoxy) is 5. The van der Waals surface area contributed by atoms with E-state index in [0.717, 1.165) is 178 Å². The molecule has 1 fully saturated rings. The van der Waals surface area contributed by atoms with E-state index < -0.39 is 5.60 Å². The largest absolute Gasteiger partial charge is 1.00 e. The second kappa shape index (κ2) is 33.8. The Labute approximate surface area is 589 Å². The third-order valence-electron chi connectivity index (χ3n) is 16.8. The number of nitrogens with one attached hydrogen (secondary N) is 2. The Hall–Kier alpha value is -7.69. The Morgan fingerprint density at radius 3 is 1.43 bits per heavy atom. The molecule has 21 heteroatoms. The van der Waals surface area contributed by atoms with Crippen LogP contribution in [0.2, 0.25) is 0 Å². The van der Waals surface area contributed by atoms with E-state index in [1.54, 1.807) is 33.3 Å². The van der Waals surface area contributed by atoms with Gasteiger partial charge in [-0.1, -0.05) is 91.1 Å². The minimum Gasteiger partial charge on any atom is -0.870 e. The maximum absolute atomic E-state index is 12.8. The number of nitrogens with zero attached hydrogens (tertiary/aromatic N) is 8. The molecule has 5 heterocycles. The number of halogens is 1. The number of methoxy groups -OCH3 is 4. The fourth-order valence-corrected chi connectivity index (χ4v) is 12.2. The first-order chi connectivity index (χ1) is 44.5. The van der Waals surface area contributed by atoms with Gasteiger partial charge in [0.2, 0.25) is 0 Å².